The first kappa shape index (κ1) is 20.1. The van der Waals surface area contributed by atoms with Gasteiger partial charge in [0.2, 0.25) is 11.8 Å². The number of carbonyl (C=O) groups is 1. The topological polar surface area (TPSA) is 89.3 Å². The van der Waals surface area contributed by atoms with Crippen LogP contribution in [0.15, 0.2) is 59.0 Å². The number of rotatable bonds is 7. The summed E-state index contributed by atoms with van der Waals surface area (Å²) >= 11 is 6.14. The van der Waals surface area contributed by atoms with Gasteiger partial charge < -0.3 is 9.73 Å². The number of nitrogens with zero attached hydrogens (tertiary/aromatic N) is 1. The smallest absolute Gasteiger partial charge is 0.235 e. The fourth-order valence-electron chi connectivity index (χ4n) is 2.62. The van der Waals surface area contributed by atoms with Crippen LogP contribution < -0.4 is 5.32 Å². The van der Waals surface area contributed by atoms with E-state index in [1.807, 2.05) is 30.3 Å². The second-order valence-electron chi connectivity index (χ2n) is 6.30. The normalized spacial score (nSPS) is 11.4. The number of halogens is 1. The highest BCUT2D eigenvalue weighted by atomic mass is 35.5. The van der Waals surface area contributed by atoms with Gasteiger partial charge in [-0.1, -0.05) is 54.1 Å². The molecule has 2 aromatic carbocycles. The van der Waals surface area contributed by atoms with Crippen LogP contribution in [0.2, 0.25) is 5.02 Å². The number of carbonyl (C=O) groups excluding carboxylic acids is 1. The van der Waals surface area contributed by atoms with E-state index in [2.05, 4.69) is 10.3 Å². The quantitative estimate of drug-likeness (QED) is 0.633. The summed E-state index contributed by atoms with van der Waals surface area (Å²) in [7, 11) is -3.71. The highest BCUT2D eigenvalue weighted by molar-refractivity contribution is 7.91. The van der Waals surface area contributed by atoms with E-state index in [9.17, 15) is 13.2 Å². The van der Waals surface area contributed by atoms with Crippen molar-refractivity contribution in [2.75, 3.05) is 5.75 Å². The minimum Gasteiger partial charge on any atom is -0.441 e. The zero-order valence-corrected chi connectivity index (χ0v) is 16.8. The summed E-state index contributed by atoms with van der Waals surface area (Å²) in [5, 5.41) is 3.07. The summed E-state index contributed by atoms with van der Waals surface area (Å²) in [5.41, 5.74) is 1.74. The number of aromatic nitrogens is 1. The van der Waals surface area contributed by atoms with E-state index in [1.165, 1.54) is 0 Å². The third kappa shape index (κ3) is 5.21. The zero-order valence-electron chi connectivity index (χ0n) is 15.2. The van der Waals surface area contributed by atoms with Crippen molar-refractivity contribution in [2.45, 2.75) is 19.2 Å². The average Bonchev–Trinajstić information content (AvgIpc) is 3.00. The maximum Gasteiger partial charge on any atom is 0.235 e. The SMILES string of the molecule is Cc1oc(-c2ccccc2Cl)nc1CS(=O)(=O)CC(=O)NCc1ccccc1. The minimum atomic E-state index is -3.71. The molecule has 0 radical (unpaired) electrons. The van der Waals surface area contributed by atoms with Gasteiger partial charge in [-0.3, -0.25) is 4.79 Å². The molecule has 0 atom stereocenters. The molecule has 0 bridgehead atoms. The Hall–Kier alpha value is -2.64. The van der Waals surface area contributed by atoms with Crippen molar-refractivity contribution in [3.05, 3.63) is 76.6 Å². The summed E-state index contributed by atoms with van der Waals surface area (Å²) in [4.78, 5) is 16.3. The van der Waals surface area contributed by atoms with Gasteiger partial charge in [-0.2, -0.15) is 0 Å². The van der Waals surface area contributed by atoms with E-state index in [0.717, 1.165) is 5.56 Å². The molecule has 1 N–H and O–H groups in total. The first-order valence-electron chi connectivity index (χ1n) is 8.56. The lowest BCUT2D eigenvalue weighted by atomic mass is 10.2. The molecule has 0 fully saturated rings. The van der Waals surface area contributed by atoms with Gasteiger partial charge in [-0.05, 0) is 24.6 Å². The Morgan fingerprint density at radius 1 is 1.11 bits per heavy atom. The predicted molar refractivity (Wildman–Crippen MR) is 107 cm³/mol. The molecule has 3 aromatic rings. The van der Waals surface area contributed by atoms with Crippen molar-refractivity contribution < 1.29 is 17.6 Å². The van der Waals surface area contributed by atoms with Gasteiger partial charge in [0.05, 0.1) is 22.0 Å². The van der Waals surface area contributed by atoms with Crippen LogP contribution in [0.4, 0.5) is 0 Å². The molecule has 146 valence electrons. The van der Waals surface area contributed by atoms with Gasteiger partial charge in [0, 0.05) is 6.54 Å². The van der Waals surface area contributed by atoms with Gasteiger partial charge in [0.15, 0.2) is 9.84 Å². The Kier molecular flexibility index (Phi) is 6.16. The van der Waals surface area contributed by atoms with E-state index in [4.69, 9.17) is 16.0 Å². The number of hydrogen-bond donors (Lipinski definition) is 1. The number of oxazole rings is 1. The second-order valence-corrected chi connectivity index (χ2v) is 8.77. The van der Waals surface area contributed by atoms with Crippen molar-refractivity contribution >= 4 is 27.3 Å². The van der Waals surface area contributed by atoms with Gasteiger partial charge in [0.25, 0.3) is 0 Å². The van der Waals surface area contributed by atoms with Crippen LogP contribution in [0.1, 0.15) is 17.0 Å². The lowest BCUT2D eigenvalue weighted by molar-refractivity contribution is -0.118. The molecule has 0 saturated carbocycles. The highest BCUT2D eigenvalue weighted by Gasteiger charge is 2.22. The molecule has 1 aromatic heterocycles. The van der Waals surface area contributed by atoms with Crippen LogP contribution in [-0.4, -0.2) is 25.1 Å². The molecular formula is C20H19ClN2O4S. The molecule has 0 unspecified atom stereocenters. The molecule has 0 saturated heterocycles. The van der Waals surface area contributed by atoms with E-state index < -0.39 is 21.5 Å². The Bertz CT molecular complexity index is 1080. The number of amides is 1. The first-order chi connectivity index (χ1) is 13.3. The van der Waals surface area contributed by atoms with Gasteiger partial charge >= 0.3 is 0 Å². The van der Waals surface area contributed by atoms with Crippen LogP contribution in [0.25, 0.3) is 11.5 Å². The number of benzene rings is 2. The van der Waals surface area contributed by atoms with Gasteiger partial charge in [0.1, 0.15) is 11.5 Å². The van der Waals surface area contributed by atoms with E-state index in [1.54, 1.807) is 31.2 Å². The molecule has 0 aliphatic carbocycles. The molecule has 0 aliphatic heterocycles. The van der Waals surface area contributed by atoms with Crippen molar-refractivity contribution in [3.8, 4) is 11.5 Å². The summed E-state index contributed by atoms with van der Waals surface area (Å²) < 4.78 is 30.4. The Labute approximate surface area is 168 Å². The fraction of sp³-hybridized carbons (Fsp3) is 0.200. The summed E-state index contributed by atoms with van der Waals surface area (Å²) in [6.07, 6.45) is 0. The lowest BCUT2D eigenvalue weighted by Gasteiger charge is -2.06. The Morgan fingerprint density at radius 2 is 1.79 bits per heavy atom. The third-order valence-electron chi connectivity index (χ3n) is 4.04. The largest absolute Gasteiger partial charge is 0.441 e. The van der Waals surface area contributed by atoms with Crippen LogP contribution in [0.3, 0.4) is 0 Å². The number of sulfone groups is 1. The molecule has 0 spiro atoms. The number of hydrogen-bond acceptors (Lipinski definition) is 5. The molecule has 28 heavy (non-hydrogen) atoms. The summed E-state index contributed by atoms with van der Waals surface area (Å²) in [6, 6.07) is 16.3. The van der Waals surface area contributed by atoms with Crippen LogP contribution in [0, 0.1) is 6.92 Å². The van der Waals surface area contributed by atoms with E-state index >= 15 is 0 Å². The maximum atomic E-state index is 12.4. The molecule has 1 amide bonds. The van der Waals surface area contributed by atoms with Crippen molar-refractivity contribution in [2.24, 2.45) is 0 Å². The number of nitrogens with one attached hydrogen (secondary N) is 1. The monoisotopic (exact) mass is 418 g/mol. The van der Waals surface area contributed by atoms with Crippen molar-refractivity contribution in [1.82, 2.24) is 10.3 Å². The van der Waals surface area contributed by atoms with E-state index in [0.29, 0.717) is 16.3 Å². The molecule has 8 heteroatoms. The Morgan fingerprint density at radius 3 is 2.50 bits per heavy atom. The van der Waals surface area contributed by atoms with Crippen LogP contribution in [-0.2, 0) is 26.9 Å². The average molecular weight is 419 g/mol. The predicted octanol–water partition coefficient (Wildman–Crippen LogP) is 3.53. The zero-order chi connectivity index (χ0) is 20.1. The second kappa shape index (κ2) is 8.58. The van der Waals surface area contributed by atoms with E-state index in [-0.39, 0.29) is 23.9 Å². The van der Waals surface area contributed by atoms with Crippen LogP contribution in [0.5, 0.6) is 0 Å². The van der Waals surface area contributed by atoms with Gasteiger partial charge in [-0.25, -0.2) is 13.4 Å². The Balaban J connectivity index is 1.65. The molecule has 3 rings (SSSR count). The van der Waals surface area contributed by atoms with Crippen molar-refractivity contribution in [3.63, 3.8) is 0 Å². The fourth-order valence-corrected chi connectivity index (χ4v) is 4.12. The lowest BCUT2D eigenvalue weighted by Crippen LogP contribution is -2.30. The molecular weight excluding hydrogens is 400 g/mol. The molecule has 1 heterocycles. The summed E-state index contributed by atoms with van der Waals surface area (Å²) in [6.45, 7) is 1.91. The summed E-state index contributed by atoms with van der Waals surface area (Å²) in [5.74, 6) is -0.930. The van der Waals surface area contributed by atoms with Crippen molar-refractivity contribution in [1.29, 1.82) is 0 Å². The number of aryl methyl sites for hydroxylation is 1. The van der Waals surface area contributed by atoms with Crippen LogP contribution >= 0.6 is 11.6 Å². The highest BCUT2D eigenvalue weighted by Crippen LogP contribution is 2.28. The maximum absolute atomic E-state index is 12.4. The first-order valence-corrected chi connectivity index (χ1v) is 10.8. The minimum absolute atomic E-state index is 0.252. The molecule has 6 nitrogen and oxygen atoms in total. The standard InChI is InChI=1S/C20H19ClN2O4S/c1-14-18(23-20(27-14)16-9-5-6-10-17(16)21)12-28(25,26)13-19(24)22-11-15-7-3-2-4-8-15/h2-10H,11-13H2,1H3,(H,22,24). The van der Waals surface area contributed by atoms with Gasteiger partial charge in [-0.15, -0.1) is 0 Å². The third-order valence-corrected chi connectivity index (χ3v) is 5.78. The molecule has 0 aliphatic rings.